The van der Waals surface area contributed by atoms with Crippen LogP contribution in [0.15, 0.2) is 11.1 Å². The lowest BCUT2D eigenvalue weighted by Crippen LogP contribution is -2.37. The van der Waals surface area contributed by atoms with Crippen LogP contribution in [0.5, 0.6) is 0 Å². The van der Waals surface area contributed by atoms with Gasteiger partial charge in [-0.3, -0.25) is 9.59 Å². The van der Waals surface area contributed by atoms with Gasteiger partial charge in [-0.2, -0.15) is 13.2 Å². The summed E-state index contributed by atoms with van der Waals surface area (Å²) >= 11 is 3.04. The molecule has 1 N–H and O–H groups in total. The van der Waals surface area contributed by atoms with E-state index in [-0.39, 0.29) is 19.5 Å². The number of carbonyl (C=O) groups excluding carboxylic acids is 2. The van der Waals surface area contributed by atoms with Gasteiger partial charge in [0.15, 0.2) is 0 Å². The number of likely N-dealkylation sites (tertiary alicyclic amines) is 1. The highest BCUT2D eigenvalue weighted by Gasteiger charge is 2.40. The average molecular weight is 329 g/mol. The lowest BCUT2D eigenvalue weighted by molar-refractivity contribution is -0.157. The number of alkyl halides is 3. The van der Waals surface area contributed by atoms with E-state index in [1.807, 2.05) is 0 Å². The molecule has 0 saturated carbocycles. The molecule has 0 radical (unpaired) electrons. The fourth-order valence-electron chi connectivity index (χ4n) is 1.64. The molecular weight excluding hydrogens is 317 g/mol. The predicted molar refractivity (Wildman–Crippen MR) is 61.8 cm³/mol. The second-order valence-electron chi connectivity index (χ2n) is 4.03. The number of nitrogens with zero attached hydrogens (tertiary/aromatic N) is 1. The van der Waals surface area contributed by atoms with Crippen molar-refractivity contribution in [2.24, 2.45) is 5.92 Å². The summed E-state index contributed by atoms with van der Waals surface area (Å²) in [5.74, 6) is -1.81. The monoisotopic (exact) mass is 328 g/mol. The van der Waals surface area contributed by atoms with Crippen molar-refractivity contribution >= 4 is 27.7 Å². The third kappa shape index (κ3) is 4.67. The quantitative estimate of drug-likeness (QED) is 0.848. The van der Waals surface area contributed by atoms with E-state index in [1.165, 1.54) is 0 Å². The summed E-state index contributed by atoms with van der Waals surface area (Å²) in [4.78, 5) is 23.6. The van der Waals surface area contributed by atoms with Crippen molar-refractivity contribution < 1.29 is 22.8 Å². The number of hydrogen-bond acceptors (Lipinski definition) is 2. The molecule has 0 aliphatic carbocycles. The van der Waals surface area contributed by atoms with Crippen LogP contribution in [0.25, 0.3) is 0 Å². The van der Waals surface area contributed by atoms with Crippen LogP contribution in [-0.4, -0.2) is 42.5 Å². The van der Waals surface area contributed by atoms with E-state index >= 15 is 0 Å². The Morgan fingerprint density at radius 3 is 2.67 bits per heavy atom. The molecule has 1 unspecified atom stereocenters. The Morgan fingerprint density at radius 2 is 2.17 bits per heavy atom. The van der Waals surface area contributed by atoms with Crippen molar-refractivity contribution in [3.05, 3.63) is 11.1 Å². The van der Waals surface area contributed by atoms with E-state index in [4.69, 9.17) is 0 Å². The van der Waals surface area contributed by atoms with Gasteiger partial charge >= 0.3 is 6.18 Å². The molecule has 1 aliphatic heterocycles. The van der Waals surface area contributed by atoms with Gasteiger partial charge in [-0.05, 0) is 0 Å². The number of amides is 2. The highest BCUT2D eigenvalue weighted by atomic mass is 79.9. The maximum absolute atomic E-state index is 12.2. The first kappa shape index (κ1) is 15.0. The van der Waals surface area contributed by atoms with Gasteiger partial charge in [-0.25, -0.2) is 0 Å². The van der Waals surface area contributed by atoms with E-state index in [9.17, 15) is 22.8 Å². The zero-order valence-corrected chi connectivity index (χ0v) is 11.0. The van der Waals surface area contributed by atoms with Crippen LogP contribution in [-0.2, 0) is 9.59 Å². The van der Waals surface area contributed by atoms with Gasteiger partial charge in [-0.1, -0.05) is 22.5 Å². The molecule has 18 heavy (non-hydrogen) atoms. The minimum atomic E-state index is -4.44. The third-order valence-corrected chi connectivity index (χ3v) is 2.69. The van der Waals surface area contributed by atoms with Gasteiger partial charge in [0.25, 0.3) is 0 Å². The molecule has 0 aromatic carbocycles. The van der Waals surface area contributed by atoms with Crippen LogP contribution in [0.3, 0.4) is 0 Å². The largest absolute Gasteiger partial charge is 0.406 e. The Hall–Kier alpha value is -1.05. The van der Waals surface area contributed by atoms with Gasteiger partial charge in [0, 0.05) is 24.0 Å². The first-order chi connectivity index (χ1) is 8.19. The highest BCUT2D eigenvalue weighted by Crippen LogP contribution is 2.23. The molecule has 102 valence electrons. The number of nitrogens with one attached hydrogen (secondary N) is 1. The van der Waals surface area contributed by atoms with Gasteiger partial charge in [0.1, 0.15) is 6.54 Å². The van der Waals surface area contributed by atoms with Gasteiger partial charge in [0.2, 0.25) is 11.8 Å². The van der Waals surface area contributed by atoms with Gasteiger partial charge in [-0.15, -0.1) is 0 Å². The molecular formula is C10H12BrF3N2O2. The second kappa shape index (κ2) is 5.73. The van der Waals surface area contributed by atoms with Crippen LogP contribution < -0.4 is 5.32 Å². The van der Waals surface area contributed by atoms with E-state index in [0.717, 1.165) is 0 Å². The lowest BCUT2D eigenvalue weighted by atomic mass is 10.1. The molecule has 8 heteroatoms. The Kier molecular flexibility index (Phi) is 4.78. The SMILES string of the molecule is C=C(Br)CNC(=O)C1CC(=O)N(CC(F)(F)F)C1. The summed E-state index contributed by atoms with van der Waals surface area (Å²) in [6.45, 7) is 2.19. The Bertz CT molecular complexity index is 371. The number of hydrogen-bond donors (Lipinski definition) is 1. The van der Waals surface area contributed by atoms with Crippen molar-refractivity contribution in [1.29, 1.82) is 0 Å². The Balaban J connectivity index is 2.50. The minimum absolute atomic E-state index is 0.183. The first-order valence-electron chi connectivity index (χ1n) is 5.14. The topological polar surface area (TPSA) is 49.4 Å². The zero-order valence-electron chi connectivity index (χ0n) is 9.39. The van der Waals surface area contributed by atoms with Gasteiger partial charge < -0.3 is 10.2 Å². The predicted octanol–water partition coefficient (Wildman–Crippen LogP) is 1.42. The molecule has 1 fully saturated rings. The van der Waals surface area contributed by atoms with E-state index in [1.54, 1.807) is 0 Å². The van der Waals surface area contributed by atoms with Crippen molar-refractivity contribution in [2.45, 2.75) is 12.6 Å². The normalized spacial score (nSPS) is 20.1. The zero-order chi connectivity index (χ0) is 13.9. The fraction of sp³-hybridized carbons (Fsp3) is 0.600. The number of rotatable bonds is 4. The average Bonchev–Trinajstić information content (AvgIpc) is 2.54. The second-order valence-corrected chi connectivity index (χ2v) is 5.15. The molecule has 1 heterocycles. The fourth-order valence-corrected chi connectivity index (χ4v) is 1.78. The van der Waals surface area contributed by atoms with Crippen molar-refractivity contribution in [3.63, 3.8) is 0 Å². The van der Waals surface area contributed by atoms with Crippen molar-refractivity contribution in [2.75, 3.05) is 19.6 Å². The lowest BCUT2D eigenvalue weighted by Gasteiger charge is -2.18. The summed E-state index contributed by atoms with van der Waals surface area (Å²) in [7, 11) is 0. The summed E-state index contributed by atoms with van der Waals surface area (Å²) in [6, 6.07) is 0. The molecule has 1 saturated heterocycles. The highest BCUT2D eigenvalue weighted by molar-refractivity contribution is 9.11. The summed E-state index contributed by atoms with van der Waals surface area (Å²) in [5, 5.41) is 2.48. The molecule has 0 aromatic heterocycles. The van der Waals surface area contributed by atoms with Crippen LogP contribution >= 0.6 is 15.9 Å². The molecule has 0 aromatic rings. The van der Waals surface area contributed by atoms with Crippen LogP contribution in [0, 0.1) is 5.92 Å². The standard InChI is InChI=1S/C10H12BrF3N2O2/c1-6(11)3-15-9(18)7-2-8(17)16(4-7)5-10(12,13)14/h7H,1-5H2,(H,15,18). The van der Waals surface area contributed by atoms with E-state index in [2.05, 4.69) is 27.8 Å². The van der Waals surface area contributed by atoms with Gasteiger partial charge in [0.05, 0.1) is 5.92 Å². The smallest absolute Gasteiger partial charge is 0.351 e. The summed E-state index contributed by atoms with van der Waals surface area (Å²) < 4.78 is 37.0. The molecule has 1 atom stereocenters. The molecule has 0 bridgehead atoms. The molecule has 0 spiro atoms. The minimum Gasteiger partial charge on any atom is -0.351 e. The number of carbonyl (C=O) groups is 2. The maximum Gasteiger partial charge on any atom is 0.406 e. The van der Waals surface area contributed by atoms with Crippen LogP contribution in [0.4, 0.5) is 13.2 Å². The molecule has 2 amide bonds. The van der Waals surface area contributed by atoms with Crippen molar-refractivity contribution in [1.82, 2.24) is 10.2 Å². The third-order valence-electron chi connectivity index (χ3n) is 2.41. The maximum atomic E-state index is 12.2. The molecule has 1 rings (SSSR count). The Labute approximate surface area is 110 Å². The molecule has 1 aliphatic rings. The van der Waals surface area contributed by atoms with E-state index < -0.39 is 30.5 Å². The van der Waals surface area contributed by atoms with E-state index in [0.29, 0.717) is 9.38 Å². The first-order valence-corrected chi connectivity index (χ1v) is 5.94. The van der Waals surface area contributed by atoms with Crippen molar-refractivity contribution in [3.8, 4) is 0 Å². The summed E-state index contributed by atoms with van der Waals surface area (Å²) in [6.07, 6.45) is -4.62. The number of halogens is 4. The Morgan fingerprint density at radius 1 is 1.56 bits per heavy atom. The molecule has 4 nitrogen and oxygen atoms in total. The van der Waals surface area contributed by atoms with Crippen LogP contribution in [0.2, 0.25) is 0 Å². The summed E-state index contributed by atoms with van der Waals surface area (Å²) in [5.41, 5.74) is 0. The van der Waals surface area contributed by atoms with Crippen LogP contribution in [0.1, 0.15) is 6.42 Å².